The van der Waals surface area contributed by atoms with Crippen LogP contribution in [-0.4, -0.2) is 10.9 Å². The lowest BCUT2D eigenvalue weighted by atomic mass is 10.1. The van der Waals surface area contributed by atoms with Gasteiger partial charge in [0.1, 0.15) is 11.4 Å². The zero-order valence-electron chi connectivity index (χ0n) is 11.5. The lowest BCUT2D eigenvalue weighted by Crippen LogP contribution is -2.25. The molecule has 0 aliphatic heterocycles. The smallest absolute Gasteiger partial charge is 0.261 e. The summed E-state index contributed by atoms with van der Waals surface area (Å²) in [6.07, 6.45) is 0. The van der Waals surface area contributed by atoms with Gasteiger partial charge in [-0.3, -0.25) is 9.59 Å². The lowest BCUT2D eigenvalue weighted by molar-refractivity contribution is 0.102. The minimum Gasteiger partial charge on any atom is -0.326 e. The molecule has 0 fully saturated rings. The van der Waals surface area contributed by atoms with Gasteiger partial charge in [0, 0.05) is 11.4 Å². The molecule has 4 nitrogen and oxygen atoms in total. The molecule has 5 heteroatoms. The van der Waals surface area contributed by atoms with E-state index in [1.165, 1.54) is 12.1 Å². The normalized spacial score (nSPS) is 10.4. The highest BCUT2D eigenvalue weighted by molar-refractivity contribution is 6.05. The molecule has 0 atom stereocenters. The first-order chi connectivity index (χ1) is 9.38. The summed E-state index contributed by atoms with van der Waals surface area (Å²) in [5, 5.41) is 2.57. The number of aryl methyl sites for hydroxylation is 3. The first-order valence-electron chi connectivity index (χ1n) is 6.16. The van der Waals surface area contributed by atoms with Crippen molar-refractivity contribution >= 4 is 11.6 Å². The van der Waals surface area contributed by atoms with Crippen molar-refractivity contribution in [1.29, 1.82) is 0 Å². The van der Waals surface area contributed by atoms with Crippen molar-refractivity contribution < 1.29 is 9.18 Å². The molecule has 1 aromatic heterocycles. The number of pyridine rings is 1. The van der Waals surface area contributed by atoms with Crippen LogP contribution in [0.5, 0.6) is 0 Å². The molecule has 0 aliphatic carbocycles. The number of carbonyl (C=O) groups excluding carboxylic acids is 1. The van der Waals surface area contributed by atoms with E-state index in [2.05, 4.69) is 10.3 Å². The Hall–Kier alpha value is -2.43. The number of benzene rings is 1. The Bertz CT molecular complexity index is 735. The fourth-order valence-corrected chi connectivity index (χ4v) is 2.05. The molecule has 2 N–H and O–H groups in total. The number of anilines is 1. The summed E-state index contributed by atoms with van der Waals surface area (Å²) >= 11 is 0. The number of hydrogen-bond donors (Lipinski definition) is 2. The SMILES string of the molecule is Cc1cc(C)c(C(=O)Nc2cc(F)ccc2C)c(=O)[nH]1. The molecule has 0 saturated heterocycles. The van der Waals surface area contributed by atoms with Crippen LogP contribution in [0.1, 0.15) is 27.2 Å². The van der Waals surface area contributed by atoms with Crippen LogP contribution in [-0.2, 0) is 0 Å². The van der Waals surface area contributed by atoms with Crippen molar-refractivity contribution in [2.24, 2.45) is 0 Å². The van der Waals surface area contributed by atoms with E-state index in [0.29, 0.717) is 16.9 Å². The van der Waals surface area contributed by atoms with E-state index in [9.17, 15) is 14.0 Å². The molecule has 20 heavy (non-hydrogen) atoms. The summed E-state index contributed by atoms with van der Waals surface area (Å²) in [4.78, 5) is 26.6. The minimum absolute atomic E-state index is 0.0410. The predicted octanol–water partition coefficient (Wildman–Crippen LogP) is 2.69. The van der Waals surface area contributed by atoms with E-state index in [0.717, 1.165) is 5.56 Å². The second-order valence-electron chi connectivity index (χ2n) is 4.75. The van der Waals surface area contributed by atoms with E-state index in [1.54, 1.807) is 32.9 Å². The van der Waals surface area contributed by atoms with Crippen LogP contribution in [0.15, 0.2) is 29.1 Å². The lowest BCUT2D eigenvalue weighted by Gasteiger charge is -2.10. The second kappa shape index (κ2) is 5.28. The van der Waals surface area contributed by atoms with Gasteiger partial charge < -0.3 is 10.3 Å². The van der Waals surface area contributed by atoms with Gasteiger partial charge in [-0.1, -0.05) is 6.07 Å². The number of rotatable bonds is 2. The first kappa shape index (κ1) is 14.0. The minimum atomic E-state index is -0.544. The highest BCUT2D eigenvalue weighted by Gasteiger charge is 2.15. The number of hydrogen-bond acceptors (Lipinski definition) is 2. The van der Waals surface area contributed by atoms with E-state index >= 15 is 0 Å². The average Bonchev–Trinajstić information content (AvgIpc) is 2.32. The highest BCUT2D eigenvalue weighted by Crippen LogP contribution is 2.17. The zero-order chi connectivity index (χ0) is 14.9. The van der Waals surface area contributed by atoms with Gasteiger partial charge in [-0.05, 0) is 50.1 Å². The molecule has 2 aromatic rings. The molecule has 0 unspecified atom stereocenters. The first-order valence-corrected chi connectivity index (χ1v) is 6.16. The van der Waals surface area contributed by atoms with Gasteiger partial charge in [0.25, 0.3) is 11.5 Å². The largest absolute Gasteiger partial charge is 0.326 e. The maximum atomic E-state index is 13.2. The van der Waals surface area contributed by atoms with Gasteiger partial charge in [0.2, 0.25) is 0 Å². The zero-order valence-corrected chi connectivity index (χ0v) is 11.5. The third kappa shape index (κ3) is 2.77. The third-order valence-electron chi connectivity index (χ3n) is 3.04. The van der Waals surface area contributed by atoms with Crippen LogP contribution in [0, 0.1) is 26.6 Å². The fourth-order valence-electron chi connectivity index (χ4n) is 2.05. The maximum absolute atomic E-state index is 13.2. The molecule has 2 rings (SSSR count). The van der Waals surface area contributed by atoms with Gasteiger partial charge in [-0.25, -0.2) is 4.39 Å². The number of aromatic nitrogens is 1. The third-order valence-corrected chi connectivity index (χ3v) is 3.04. The van der Waals surface area contributed by atoms with Crippen molar-refractivity contribution in [2.75, 3.05) is 5.32 Å². The Labute approximate surface area is 115 Å². The Morgan fingerprint density at radius 1 is 1.15 bits per heavy atom. The molecule has 0 radical (unpaired) electrons. The van der Waals surface area contributed by atoms with Gasteiger partial charge in [-0.15, -0.1) is 0 Å². The maximum Gasteiger partial charge on any atom is 0.261 e. The van der Waals surface area contributed by atoms with Gasteiger partial charge in [0.15, 0.2) is 0 Å². The van der Waals surface area contributed by atoms with Crippen molar-refractivity contribution in [3.8, 4) is 0 Å². The van der Waals surface area contributed by atoms with Gasteiger partial charge in [-0.2, -0.15) is 0 Å². The molecule has 0 bridgehead atoms. The number of nitrogens with one attached hydrogen (secondary N) is 2. The summed E-state index contributed by atoms with van der Waals surface area (Å²) in [7, 11) is 0. The van der Waals surface area contributed by atoms with Crippen LogP contribution in [0.25, 0.3) is 0 Å². The van der Waals surface area contributed by atoms with Gasteiger partial charge >= 0.3 is 0 Å². The standard InChI is InChI=1S/C15H15FN2O2/c1-8-4-5-11(16)7-12(8)18-15(20)13-9(2)6-10(3)17-14(13)19/h4-7H,1-3H3,(H,17,19)(H,18,20). The molecule has 0 saturated carbocycles. The second-order valence-corrected chi connectivity index (χ2v) is 4.75. The van der Waals surface area contributed by atoms with E-state index in [-0.39, 0.29) is 5.56 Å². The van der Waals surface area contributed by atoms with Crippen molar-refractivity contribution in [3.63, 3.8) is 0 Å². The molecule has 104 valence electrons. The van der Waals surface area contributed by atoms with Crippen LogP contribution >= 0.6 is 0 Å². The van der Waals surface area contributed by atoms with Crippen molar-refractivity contribution in [3.05, 3.63) is 62.8 Å². The highest BCUT2D eigenvalue weighted by atomic mass is 19.1. The molecule has 0 aliphatic rings. The Morgan fingerprint density at radius 2 is 1.85 bits per heavy atom. The van der Waals surface area contributed by atoms with Gasteiger partial charge in [0.05, 0.1) is 0 Å². The Kier molecular flexibility index (Phi) is 3.70. The molecule has 1 amide bonds. The van der Waals surface area contributed by atoms with E-state index < -0.39 is 17.3 Å². The summed E-state index contributed by atoms with van der Waals surface area (Å²) in [5.74, 6) is -0.988. The topological polar surface area (TPSA) is 62.0 Å². The number of aromatic amines is 1. The van der Waals surface area contributed by atoms with E-state index in [1.807, 2.05) is 0 Å². The predicted molar refractivity (Wildman–Crippen MR) is 75.6 cm³/mol. The number of H-pyrrole nitrogens is 1. The molecule has 0 spiro atoms. The van der Waals surface area contributed by atoms with E-state index in [4.69, 9.17) is 0 Å². The number of carbonyl (C=O) groups is 1. The summed E-state index contributed by atoms with van der Waals surface area (Å²) in [6, 6.07) is 5.83. The van der Waals surface area contributed by atoms with Crippen LogP contribution in [0.4, 0.5) is 10.1 Å². The molecule has 1 aromatic carbocycles. The number of amides is 1. The molecule has 1 heterocycles. The average molecular weight is 274 g/mol. The monoisotopic (exact) mass is 274 g/mol. The van der Waals surface area contributed by atoms with Crippen LogP contribution in [0.2, 0.25) is 0 Å². The molecular formula is C15H15FN2O2. The van der Waals surface area contributed by atoms with Crippen LogP contribution < -0.4 is 10.9 Å². The van der Waals surface area contributed by atoms with Crippen molar-refractivity contribution in [2.45, 2.75) is 20.8 Å². The van der Waals surface area contributed by atoms with Crippen molar-refractivity contribution in [1.82, 2.24) is 4.98 Å². The summed E-state index contributed by atoms with van der Waals surface area (Å²) in [5.41, 5.74) is 1.94. The Balaban J connectivity index is 2.38. The quantitative estimate of drug-likeness (QED) is 0.884. The van der Waals surface area contributed by atoms with Crippen LogP contribution in [0.3, 0.4) is 0 Å². The summed E-state index contributed by atoms with van der Waals surface area (Å²) < 4.78 is 13.2. The number of halogens is 1. The Morgan fingerprint density at radius 3 is 2.50 bits per heavy atom. The molecular weight excluding hydrogens is 259 g/mol. The summed E-state index contributed by atoms with van der Waals surface area (Å²) in [6.45, 7) is 5.18. The fraction of sp³-hybridized carbons (Fsp3) is 0.200.